The fourth-order valence-corrected chi connectivity index (χ4v) is 3.04. The second kappa shape index (κ2) is 7.04. The van der Waals surface area contributed by atoms with E-state index >= 15 is 0 Å². The van der Waals surface area contributed by atoms with Gasteiger partial charge in [-0.3, -0.25) is 0 Å². The highest BCUT2D eigenvalue weighted by Gasteiger charge is 2.22. The van der Waals surface area contributed by atoms with Gasteiger partial charge in [0.25, 0.3) is 0 Å². The minimum Gasteiger partial charge on any atom is -0.395 e. The third kappa shape index (κ3) is 3.83. The number of anilines is 2. The molecule has 0 bridgehead atoms. The number of aromatic nitrogens is 2. The van der Waals surface area contributed by atoms with E-state index in [2.05, 4.69) is 26.7 Å². The van der Waals surface area contributed by atoms with Crippen LogP contribution >= 0.6 is 0 Å². The quantitative estimate of drug-likeness (QED) is 0.741. The summed E-state index contributed by atoms with van der Waals surface area (Å²) >= 11 is 0. The maximum Gasteiger partial charge on any atom is 0.224 e. The van der Waals surface area contributed by atoms with Gasteiger partial charge in [-0.1, -0.05) is 12.8 Å². The van der Waals surface area contributed by atoms with E-state index in [0.717, 1.165) is 31.1 Å². The van der Waals surface area contributed by atoms with Crippen molar-refractivity contribution in [1.29, 1.82) is 0 Å². The van der Waals surface area contributed by atoms with Crippen LogP contribution in [0.3, 0.4) is 0 Å². The highest BCUT2D eigenvalue weighted by Crippen LogP contribution is 2.27. The van der Waals surface area contributed by atoms with Gasteiger partial charge in [0.15, 0.2) is 0 Å². The van der Waals surface area contributed by atoms with E-state index in [1.54, 1.807) is 0 Å². The number of hydrogen-bond donors (Lipinski definition) is 3. The Morgan fingerprint density at radius 2 is 2.10 bits per heavy atom. The fraction of sp³-hybridized carbons (Fsp3) is 0.733. The molecular formula is C15H24N4O2. The molecule has 2 aliphatic rings. The zero-order valence-corrected chi connectivity index (χ0v) is 12.3. The normalized spacial score (nSPS) is 22.6. The van der Waals surface area contributed by atoms with Crippen LogP contribution in [-0.2, 0) is 4.74 Å². The second-order valence-electron chi connectivity index (χ2n) is 5.84. The Kier molecular flexibility index (Phi) is 4.87. The number of hydrogen-bond acceptors (Lipinski definition) is 6. The first-order valence-corrected chi connectivity index (χ1v) is 7.93. The molecule has 6 heteroatoms. The molecule has 1 aromatic heterocycles. The molecule has 0 radical (unpaired) electrons. The van der Waals surface area contributed by atoms with Crippen molar-refractivity contribution < 1.29 is 9.84 Å². The van der Waals surface area contributed by atoms with Crippen LogP contribution in [0.25, 0.3) is 0 Å². The van der Waals surface area contributed by atoms with Gasteiger partial charge in [0, 0.05) is 31.2 Å². The lowest BCUT2D eigenvalue weighted by Crippen LogP contribution is -2.18. The lowest BCUT2D eigenvalue weighted by molar-refractivity contribution is 0.193. The summed E-state index contributed by atoms with van der Waals surface area (Å²) in [7, 11) is 0. The molecule has 1 aliphatic carbocycles. The molecule has 1 aromatic rings. The third-order valence-electron chi connectivity index (χ3n) is 4.20. The maximum absolute atomic E-state index is 8.95. The maximum atomic E-state index is 8.95. The van der Waals surface area contributed by atoms with Crippen LogP contribution in [0.5, 0.6) is 0 Å². The summed E-state index contributed by atoms with van der Waals surface area (Å²) in [5.74, 6) is 1.83. The van der Waals surface area contributed by atoms with E-state index in [-0.39, 0.29) is 6.61 Å². The van der Waals surface area contributed by atoms with Crippen molar-refractivity contribution >= 4 is 11.8 Å². The summed E-state index contributed by atoms with van der Waals surface area (Å²) in [5, 5.41) is 15.6. The summed E-state index contributed by atoms with van der Waals surface area (Å²) < 4.78 is 5.46. The Bertz CT molecular complexity index is 457. The molecule has 2 fully saturated rings. The van der Waals surface area contributed by atoms with E-state index in [4.69, 9.17) is 9.84 Å². The molecule has 21 heavy (non-hydrogen) atoms. The number of aliphatic hydroxyl groups excluding tert-OH is 1. The molecule has 3 N–H and O–H groups in total. The van der Waals surface area contributed by atoms with Crippen LogP contribution in [0.4, 0.5) is 11.8 Å². The van der Waals surface area contributed by atoms with Gasteiger partial charge in [-0.2, -0.15) is 4.98 Å². The van der Waals surface area contributed by atoms with Crippen LogP contribution in [0.1, 0.15) is 43.7 Å². The SMILES string of the molecule is OCCNc1nc(NC2CCCC2)cc([C@@H]2CCOC2)n1. The van der Waals surface area contributed by atoms with E-state index < -0.39 is 0 Å². The van der Waals surface area contributed by atoms with Gasteiger partial charge < -0.3 is 20.5 Å². The van der Waals surface area contributed by atoms with Crippen molar-refractivity contribution in [3.63, 3.8) is 0 Å². The average Bonchev–Trinajstić information content (AvgIpc) is 3.18. The van der Waals surface area contributed by atoms with Gasteiger partial charge in [-0.15, -0.1) is 0 Å². The van der Waals surface area contributed by atoms with Crippen LogP contribution in [0.15, 0.2) is 6.07 Å². The summed E-state index contributed by atoms with van der Waals surface area (Å²) in [6.07, 6.45) is 6.03. The predicted molar refractivity (Wildman–Crippen MR) is 81.7 cm³/mol. The van der Waals surface area contributed by atoms with E-state index in [1.807, 2.05) is 0 Å². The zero-order chi connectivity index (χ0) is 14.5. The molecular weight excluding hydrogens is 268 g/mol. The Hall–Kier alpha value is -1.40. The Balaban J connectivity index is 1.77. The summed E-state index contributed by atoms with van der Waals surface area (Å²) in [6, 6.07) is 2.58. The largest absolute Gasteiger partial charge is 0.395 e. The minimum atomic E-state index is 0.0749. The number of aliphatic hydroxyl groups is 1. The van der Waals surface area contributed by atoms with Gasteiger partial charge in [-0.25, -0.2) is 4.98 Å². The first kappa shape index (κ1) is 14.5. The molecule has 6 nitrogen and oxygen atoms in total. The van der Waals surface area contributed by atoms with E-state index in [0.29, 0.717) is 24.5 Å². The van der Waals surface area contributed by atoms with E-state index in [9.17, 15) is 0 Å². The molecule has 3 rings (SSSR count). The molecule has 0 amide bonds. The van der Waals surface area contributed by atoms with Crippen LogP contribution in [0.2, 0.25) is 0 Å². The summed E-state index contributed by atoms with van der Waals surface area (Å²) in [5.41, 5.74) is 1.03. The lowest BCUT2D eigenvalue weighted by atomic mass is 10.0. The lowest BCUT2D eigenvalue weighted by Gasteiger charge is -2.16. The monoisotopic (exact) mass is 292 g/mol. The highest BCUT2D eigenvalue weighted by molar-refractivity contribution is 5.44. The van der Waals surface area contributed by atoms with Crippen LogP contribution in [-0.4, -0.2) is 47.5 Å². The van der Waals surface area contributed by atoms with Gasteiger partial charge in [0.2, 0.25) is 5.95 Å². The first-order chi connectivity index (χ1) is 10.3. The van der Waals surface area contributed by atoms with Crippen molar-refractivity contribution in [3.8, 4) is 0 Å². The number of nitrogens with zero attached hydrogens (tertiary/aromatic N) is 2. The van der Waals surface area contributed by atoms with Crippen molar-refractivity contribution in [1.82, 2.24) is 9.97 Å². The van der Waals surface area contributed by atoms with Gasteiger partial charge >= 0.3 is 0 Å². The van der Waals surface area contributed by atoms with Crippen molar-refractivity contribution in [3.05, 3.63) is 11.8 Å². The topological polar surface area (TPSA) is 79.3 Å². The highest BCUT2D eigenvalue weighted by atomic mass is 16.5. The third-order valence-corrected chi connectivity index (χ3v) is 4.20. The molecule has 0 aromatic carbocycles. The molecule has 1 saturated carbocycles. The summed E-state index contributed by atoms with van der Waals surface area (Å²) in [4.78, 5) is 9.09. The average molecular weight is 292 g/mol. The zero-order valence-electron chi connectivity index (χ0n) is 12.3. The smallest absolute Gasteiger partial charge is 0.224 e. The standard InChI is InChI=1S/C15H24N4O2/c20-7-6-16-15-18-13(11-5-8-21-10-11)9-14(19-15)17-12-3-1-2-4-12/h9,11-12,20H,1-8,10H2,(H2,16,17,18,19)/t11-/m1/s1. The number of rotatable bonds is 6. The van der Waals surface area contributed by atoms with Crippen molar-refractivity contribution in [2.75, 3.05) is 37.0 Å². The Morgan fingerprint density at radius 1 is 1.24 bits per heavy atom. The first-order valence-electron chi connectivity index (χ1n) is 7.93. The predicted octanol–water partition coefficient (Wildman–Crippen LogP) is 1.74. The van der Waals surface area contributed by atoms with E-state index in [1.165, 1.54) is 25.7 Å². The molecule has 1 saturated heterocycles. The minimum absolute atomic E-state index is 0.0749. The molecule has 1 atom stereocenters. The Morgan fingerprint density at radius 3 is 2.81 bits per heavy atom. The second-order valence-corrected chi connectivity index (χ2v) is 5.84. The van der Waals surface area contributed by atoms with Crippen molar-refractivity contribution in [2.45, 2.75) is 44.1 Å². The van der Waals surface area contributed by atoms with Gasteiger partial charge in [0.05, 0.1) is 18.9 Å². The van der Waals surface area contributed by atoms with Gasteiger partial charge in [0.1, 0.15) is 5.82 Å². The fourth-order valence-electron chi connectivity index (χ4n) is 3.04. The molecule has 2 heterocycles. The van der Waals surface area contributed by atoms with Crippen LogP contribution < -0.4 is 10.6 Å². The molecule has 0 spiro atoms. The number of nitrogens with one attached hydrogen (secondary N) is 2. The Labute approximate surface area is 125 Å². The van der Waals surface area contributed by atoms with Crippen molar-refractivity contribution in [2.24, 2.45) is 0 Å². The molecule has 0 unspecified atom stereocenters. The number of ether oxygens (including phenoxy) is 1. The van der Waals surface area contributed by atoms with Gasteiger partial charge in [-0.05, 0) is 19.3 Å². The van der Waals surface area contributed by atoms with Crippen LogP contribution in [0, 0.1) is 0 Å². The summed E-state index contributed by atoms with van der Waals surface area (Å²) in [6.45, 7) is 2.08. The molecule has 116 valence electrons. The molecule has 1 aliphatic heterocycles.